The number of carboxylic acids is 4. The van der Waals surface area contributed by atoms with Gasteiger partial charge in [-0.15, -0.1) is 0 Å². The van der Waals surface area contributed by atoms with Gasteiger partial charge in [0.1, 0.15) is 0 Å². The Kier molecular flexibility index (Phi) is 55.1. The van der Waals surface area contributed by atoms with Gasteiger partial charge in [-0.25, -0.2) is 19.2 Å². The number of thioether (sulfide) groups is 4. The summed E-state index contributed by atoms with van der Waals surface area (Å²) >= 11 is 6.64. The van der Waals surface area contributed by atoms with Crippen molar-refractivity contribution < 1.29 is 39.6 Å². The van der Waals surface area contributed by atoms with E-state index in [2.05, 4.69) is 54.0 Å². The van der Waals surface area contributed by atoms with Crippen molar-refractivity contribution in [3.05, 3.63) is 48.6 Å². The summed E-state index contributed by atoms with van der Waals surface area (Å²) in [6.07, 6.45) is 19.8. The normalized spacial score (nSPS) is 9.74. The highest BCUT2D eigenvalue weighted by Gasteiger charge is 2.05. The third-order valence-electron chi connectivity index (χ3n) is 6.88. The molecule has 0 unspecified atom stereocenters. The second-order valence-electron chi connectivity index (χ2n) is 12.1. The third-order valence-corrected chi connectivity index (χ3v) is 11.4. The van der Waals surface area contributed by atoms with Gasteiger partial charge in [-0.1, -0.05) is 138 Å². The van der Waals surface area contributed by atoms with Crippen molar-refractivity contribution in [2.24, 2.45) is 0 Å². The lowest BCUT2D eigenvalue weighted by molar-refractivity contribution is -0.133. The smallest absolute Gasteiger partial charge is 0.331 e. The molecule has 4 N–H and O–H groups in total. The Morgan fingerprint density at radius 3 is 0.660 bits per heavy atom. The van der Waals surface area contributed by atoms with Gasteiger partial charge in [0, 0.05) is 45.3 Å². The van der Waals surface area contributed by atoms with Crippen molar-refractivity contribution in [1.29, 1.82) is 0 Å². The monoisotopic (exact) mass is 824 g/mol. The van der Waals surface area contributed by atoms with Crippen molar-refractivity contribution in [2.75, 3.05) is 46.0 Å². The van der Waals surface area contributed by atoms with E-state index in [4.69, 9.17) is 20.4 Å². The average molecular weight is 825 g/mol. The van der Waals surface area contributed by atoms with E-state index >= 15 is 0 Å². The molecule has 0 atom stereocenters. The second-order valence-corrected chi connectivity index (χ2v) is 16.5. The Hall–Kier alpha value is -1.76. The van der Waals surface area contributed by atoms with Crippen LogP contribution in [0.5, 0.6) is 0 Å². The lowest BCUT2D eigenvalue weighted by atomic mass is 10.2. The Morgan fingerprint density at radius 1 is 0.358 bits per heavy atom. The molecule has 0 aromatic heterocycles. The summed E-state index contributed by atoms with van der Waals surface area (Å²) < 4.78 is 0. The Labute approximate surface area is 341 Å². The fraction of sp³-hybridized carbons (Fsp3) is 0.707. The van der Waals surface area contributed by atoms with E-state index in [1.165, 1.54) is 103 Å². The average Bonchev–Trinajstić information content (AvgIpc) is 3.11. The topological polar surface area (TPSA) is 149 Å². The maximum Gasteiger partial charge on any atom is 0.331 e. The molecule has 0 aliphatic carbocycles. The van der Waals surface area contributed by atoms with Crippen LogP contribution >= 0.6 is 47.0 Å². The van der Waals surface area contributed by atoms with Crippen molar-refractivity contribution >= 4 is 70.9 Å². The first-order valence-corrected chi connectivity index (χ1v) is 23.3. The molecular formula is C41H76O8S4. The van der Waals surface area contributed by atoms with Crippen molar-refractivity contribution in [3.8, 4) is 0 Å². The van der Waals surface area contributed by atoms with Gasteiger partial charge in [0.15, 0.2) is 0 Å². The van der Waals surface area contributed by atoms with Crippen molar-refractivity contribution in [3.63, 3.8) is 0 Å². The molecule has 312 valence electrons. The van der Waals surface area contributed by atoms with E-state index in [0.717, 1.165) is 23.0 Å². The highest BCUT2D eigenvalue weighted by atomic mass is 32.2. The van der Waals surface area contributed by atoms with Crippen molar-refractivity contribution in [2.45, 2.75) is 138 Å². The Bertz CT molecular complexity index is 818. The third kappa shape index (κ3) is 54.7. The van der Waals surface area contributed by atoms with E-state index in [1.54, 1.807) is 47.0 Å². The highest BCUT2D eigenvalue weighted by molar-refractivity contribution is 8.00. The van der Waals surface area contributed by atoms with E-state index in [1.807, 2.05) is 0 Å². The second kappa shape index (κ2) is 48.3. The SMILES string of the molecule is C.C=C(CSCCCCCC)C(=O)O.C=C(CSCCCCCC)C(=O)O.C=C(CSCCCCCC)C(=O)O.C=C(CSCCCCCC)C(=O)O. The van der Waals surface area contributed by atoms with Gasteiger partial charge in [0.05, 0.1) is 0 Å². The lowest BCUT2D eigenvalue weighted by Gasteiger charge is -2.00. The zero-order valence-electron chi connectivity index (χ0n) is 32.9. The van der Waals surface area contributed by atoms with Gasteiger partial charge in [0.2, 0.25) is 0 Å². The molecule has 0 rings (SSSR count). The molecule has 0 bridgehead atoms. The quantitative estimate of drug-likeness (QED) is 0.0378. The van der Waals surface area contributed by atoms with Crippen LogP contribution in [0.4, 0.5) is 0 Å². The molecule has 12 heteroatoms. The molecule has 0 aliphatic heterocycles. The molecule has 0 aromatic rings. The predicted molar refractivity (Wildman–Crippen MR) is 240 cm³/mol. The van der Waals surface area contributed by atoms with Gasteiger partial charge in [-0.3, -0.25) is 0 Å². The molecule has 0 spiro atoms. The molecular weight excluding hydrogens is 749 g/mol. The van der Waals surface area contributed by atoms with E-state index in [0.29, 0.717) is 45.3 Å². The number of unbranched alkanes of at least 4 members (excludes halogenated alkanes) is 12. The van der Waals surface area contributed by atoms with Crippen LogP contribution < -0.4 is 0 Å². The van der Waals surface area contributed by atoms with Crippen LogP contribution in [0.1, 0.15) is 138 Å². The van der Waals surface area contributed by atoms with Gasteiger partial charge < -0.3 is 20.4 Å². The van der Waals surface area contributed by atoms with Crippen LogP contribution in [0.3, 0.4) is 0 Å². The first-order chi connectivity index (χ1) is 24.7. The molecule has 0 radical (unpaired) electrons. The number of carbonyl (C=O) groups is 4. The Balaban J connectivity index is -0.000000192. The van der Waals surface area contributed by atoms with E-state index < -0.39 is 23.9 Å². The number of aliphatic carboxylic acids is 4. The number of carboxylic acid groups (broad SMARTS) is 4. The maximum atomic E-state index is 10.4. The van der Waals surface area contributed by atoms with Gasteiger partial charge >= 0.3 is 23.9 Å². The predicted octanol–water partition coefficient (Wildman–Crippen LogP) is 12.4. The van der Waals surface area contributed by atoms with E-state index in [9.17, 15) is 19.2 Å². The summed E-state index contributed by atoms with van der Waals surface area (Å²) in [5.74, 6) is 2.92. The zero-order chi connectivity index (χ0) is 40.4. The van der Waals surface area contributed by atoms with Crippen LogP contribution in [-0.2, 0) is 19.2 Å². The van der Waals surface area contributed by atoms with Crippen LogP contribution in [0.2, 0.25) is 0 Å². The fourth-order valence-corrected chi connectivity index (χ4v) is 7.24. The van der Waals surface area contributed by atoms with Crippen molar-refractivity contribution in [1.82, 2.24) is 0 Å². The van der Waals surface area contributed by atoms with Crippen LogP contribution in [0, 0.1) is 0 Å². The largest absolute Gasteiger partial charge is 0.478 e. The molecule has 8 nitrogen and oxygen atoms in total. The minimum absolute atomic E-state index is 0. The van der Waals surface area contributed by atoms with Gasteiger partial charge in [-0.05, 0) is 48.7 Å². The Morgan fingerprint density at radius 2 is 0.528 bits per heavy atom. The van der Waals surface area contributed by atoms with Crippen LogP contribution in [-0.4, -0.2) is 90.3 Å². The lowest BCUT2D eigenvalue weighted by Crippen LogP contribution is -2.01. The van der Waals surface area contributed by atoms with Crippen LogP contribution in [0.25, 0.3) is 0 Å². The molecule has 0 saturated heterocycles. The molecule has 0 aliphatic rings. The first-order valence-electron chi connectivity index (χ1n) is 18.7. The summed E-state index contributed by atoms with van der Waals surface area (Å²) in [6.45, 7) is 22.6. The fourth-order valence-electron chi connectivity index (χ4n) is 3.55. The summed E-state index contributed by atoms with van der Waals surface area (Å²) in [5, 5.41) is 34.0. The number of rotatable bonds is 32. The summed E-state index contributed by atoms with van der Waals surface area (Å²) in [7, 11) is 0. The minimum atomic E-state index is -0.874. The molecule has 0 saturated carbocycles. The van der Waals surface area contributed by atoms with Gasteiger partial charge in [0.25, 0.3) is 0 Å². The summed E-state index contributed by atoms with van der Waals surface area (Å²) in [5.41, 5.74) is 1.22. The summed E-state index contributed by atoms with van der Waals surface area (Å²) in [4.78, 5) is 41.4. The standard InChI is InChI=1S/4C10H18O2S.CH4/c4*1-3-4-5-6-7-13-8-9(2)10(11)12;/h4*2-8H2,1H3,(H,11,12);1H4. The molecule has 0 heterocycles. The maximum absolute atomic E-state index is 10.4. The highest BCUT2D eigenvalue weighted by Crippen LogP contribution is 2.13. The van der Waals surface area contributed by atoms with Crippen LogP contribution in [0.15, 0.2) is 48.6 Å². The summed E-state index contributed by atoms with van der Waals surface area (Å²) in [6, 6.07) is 0. The molecule has 0 aromatic carbocycles. The number of hydrogen-bond donors (Lipinski definition) is 4. The first kappa shape index (κ1) is 60.5. The molecule has 0 amide bonds. The minimum Gasteiger partial charge on any atom is -0.478 e. The van der Waals surface area contributed by atoms with Gasteiger partial charge in [-0.2, -0.15) is 47.0 Å². The van der Waals surface area contributed by atoms with E-state index in [-0.39, 0.29) is 7.43 Å². The zero-order valence-corrected chi connectivity index (χ0v) is 36.1. The number of hydrogen-bond acceptors (Lipinski definition) is 8. The molecule has 53 heavy (non-hydrogen) atoms. The molecule has 0 fully saturated rings.